The van der Waals surface area contributed by atoms with Crippen molar-refractivity contribution in [3.05, 3.63) is 64.7 Å². The maximum Gasteiger partial charge on any atom is 0.330 e. The smallest absolute Gasteiger partial charge is 0.330 e. The van der Waals surface area contributed by atoms with E-state index >= 15 is 0 Å². The molecule has 0 saturated heterocycles. The number of aliphatic carboxylic acids is 1. The van der Waals surface area contributed by atoms with Gasteiger partial charge >= 0.3 is 5.97 Å². The quantitative estimate of drug-likeness (QED) is 0.731. The first kappa shape index (κ1) is 18.6. The highest BCUT2D eigenvalue weighted by Crippen LogP contribution is 2.30. The zero-order chi connectivity index (χ0) is 19.6. The van der Waals surface area contributed by atoms with Crippen LogP contribution in [0.2, 0.25) is 0 Å². The molecule has 0 spiro atoms. The zero-order valence-electron chi connectivity index (χ0n) is 15.3. The maximum absolute atomic E-state index is 12.5. The highest BCUT2D eigenvalue weighted by molar-refractivity contribution is 5.98. The third-order valence-corrected chi connectivity index (χ3v) is 4.75. The molecule has 0 radical (unpaired) electrons. The fourth-order valence-electron chi connectivity index (χ4n) is 2.74. The van der Waals surface area contributed by atoms with E-state index in [1.807, 2.05) is 19.9 Å². The summed E-state index contributed by atoms with van der Waals surface area (Å²) in [7, 11) is 0. The Morgan fingerprint density at radius 2 is 1.67 bits per heavy atom. The van der Waals surface area contributed by atoms with Gasteiger partial charge in [0.25, 0.3) is 5.91 Å². The number of nitrogens with one attached hydrogen (secondary N) is 2. The summed E-state index contributed by atoms with van der Waals surface area (Å²) in [5.41, 5.74) is 3.48. The molecule has 2 aromatic rings. The van der Waals surface area contributed by atoms with Gasteiger partial charge in [0.15, 0.2) is 6.04 Å². The van der Waals surface area contributed by atoms with Crippen LogP contribution in [0.4, 0.5) is 5.69 Å². The van der Waals surface area contributed by atoms with Crippen LogP contribution in [0.3, 0.4) is 0 Å². The van der Waals surface area contributed by atoms with E-state index in [2.05, 4.69) is 10.6 Å². The summed E-state index contributed by atoms with van der Waals surface area (Å²) in [6.45, 7) is 3.84. The van der Waals surface area contributed by atoms with E-state index in [9.17, 15) is 19.5 Å². The van der Waals surface area contributed by atoms with Crippen LogP contribution in [0.5, 0.6) is 0 Å². The number of rotatable bonds is 6. The lowest BCUT2D eigenvalue weighted by atomic mass is 10.0. The van der Waals surface area contributed by atoms with Crippen LogP contribution in [0.25, 0.3) is 0 Å². The molecule has 6 heteroatoms. The molecule has 3 N–H and O–H groups in total. The topological polar surface area (TPSA) is 95.5 Å². The number of hydrogen-bond acceptors (Lipinski definition) is 3. The second-order valence-corrected chi connectivity index (χ2v) is 6.93. The molecule has 0 aliphatic heterocycles. The van der Waals surface area contributed by atoms with E-state index in [0.717, 1.165) is 24.0 Å². The molecule has 1 saturated carbocycles. The minimum atomic E-state index is -1.13. The Kier molecular flexibility index (Phi) is 5.26. The highest BCUT2D eigenvalue weighted by atomic mass is 16.4. The summed E-state index contributed by atoms with van der Waals surface area (Å²) in [5.74, 6) is -1.52. The van der Waals surface area contributed by atoms with Crippen molar-refractivity contribution in [3.63, 3.8) is 0 Å². The molecule has 0 heterocycles. The van der Waals surface area contributed by atoms with E-state index in [-0.39, 0.29) is 11.8 Å². The molecule has 0 aromatic heterocycles. The number of benzene rings is 2. The molecule has 3 rings (SSSR count). The Bertz CT molecular complexity index is 886. The van der Waals surface area contributed by atoms with Gasteiger partial charge in [-0.1, -0.05) is 18.2 Å². The van der Waals surface area contributed by atoms with Gasteiger partial charge in [-0.15, -0.1) is 0 Å². The highest BCUT2D eigenvalue weighted by Gasteiger charge is 2.29. The van der Waals surface area contributed by atoms with Gasteiger partial charge in [-0.05, 0) is 67.6 Å². The maximum atomic E-state index is 12.5. The lowest BCUT2D eigenvalue weighted by molar-refractivity contribution is -0.139. The summed E-state index contributed by atoms with van der Waals surface area (Å²) in [4.78, 5) is 35.9. The van der Waals surface area contributed by atoms with Gasteiger partial charge in [0.2, 0.25) is 5.91 Å². The van der Waals surface area contributed by atoms with Crippen LogP contribution in [-0.4, -0.2) is 22.9 Å². The van der Waals surface area contributed by atoms with Crippen LogP contribution in [0, 0.1) is 19.8 Å². The molecule has 2 aromatic carbocycles. The number of carbonyl (C=O) groups is 3. The molecule has 140 valence electrons. The molecular weight excluding hydrogens is 344 g/mol. The fourth-order valence-corrected chi connectivity index (χ4v) is 2.74. The summed E-state index contributed by atoms with van der Waals surface area (Å²) in [5, 5.41) is 14.9. The van der Waals surface area contributed by atoms with Crippen molar-refractivity contribution < 1.29 is 19.5 Å². The lowest BCUT2D eigenvalue weighted by Crippen LogP contribution is -2.33. The Labute approximate surface area is 157 Å². The summed E-state index contributed by atoms with van der Waals surface area (Å²) < 4.78 is 0. The van der Waals surface area contributed by atoms with Crippen molar-refractivity contribution in [3.8, 4) is 0 Å². The van der Waals surface area contributed by atoms with E-state index in [1.165, 1.54) is 0 Å². The van der Waals surface area contributed by atoms with Gasteiger partial charge in [0, 0.05) is 17.2 Å². The van der Waals surface area contributed by atoms with Gasteiger partial charge in [0.1, 0.15) is 0 Å². The number of carbonyl (C=O) groups excluding carboxylic acids is 2. The molecular formula is C21H22N2O4. The van der Waals surface area contributed by atoms with Gasteiger partial charge in [0.05, 0.1) is 0 Å². The summed E-state index contributed by atoms with van der Waals surface area (Å²) in [6, 6.07) is 10.6. The van der Waals surface area contributed by atoms with Crippen molar-refractivity contribution in [1.82, 2.24) is 5.32 Å². The third-order valence-electron chi connectivity index (χ3n) is 4.75. The van der Waals surface area contributed by atoms with E-state index < -0.39 is 17.9 Å². The number of aryl methyl sites for hydroxylation is 2. The monoisotopic (exact) mass is 366 g/mol. The Hall–Kier alpha value is -3.15. The summed E-state index contributed by atoms with van der Waals surface area (Å²) >= 11 is 0. The standard InChI is InChI=1S/C21H22N2O4/c1-12-3-4-16(11-13(12)2)18(21(26)27)23-20(25)15-7-9-17(10-8-15)22-19(24)14-5-6-14/h3-4,7-11,14,18H,5-6H2,1-2H3,(H,22,24)(H,23,25)(H,26,27). The number of anilines is 1. The lowest BCUT2D eigenvalue weighted by Gasteiger charge is -2.16. The van der Waals surface area contributed by atoms with Crippen LogP contribution in [-0.2, 0) is 9.59 Å². The number of amides is 2. The van der Waals surface area contributed by atoms with Crippen LogP contribution in [0.15, 0.2) is 42.5 Å². The molecule has 1 aliphatic rings. The predicted octanol–water partition coefficient (Wildman–Crippen LogP) is 3.21. The fraction of sp³-hybridized carbons (Fsp3) is 0.286. The van der Waals surface area contributed by atoms with Gasteiger partial charge in [-0.2, -0.15) is 0 Å². The largest absolute Gasteiger partial charge is 0.479 e. The molecule has 1 fully saturated rings. The molecule has 1 aliphatic carbocycles. The Balaban J connectivity index is 1.70. The Morgan fingerprint density at radius 3 is 2.22 bits per heavy atom. The minimum Gasteiger partial charge on any atom is -0.479 e. The summed E-state index contributed by atoms with van der Waals surface area (Å²) in [6.07, 6.45) is 1.84. The molecule has 6 nitrogen and oxygen atoms in total. The Morgan fingerprint density at radius 1 is 1.00 bits per heavy atom. The van der Waals surface area contributed by atoms with Crippen molar-refractivity contribution in [2.75, 3.05) is 5.32 Å². The van der Waals surface area contributed by atoms with Crippen molar-refractivity contribution in [2.45, 2.75) is 32.7 Å². The van der Waals surface area contributed by atoms with Gasteiger partial charge in [-0.3, -0.25) is 9.59 Å². The second kappa shape index (κ2) is 7.61. The second-order valence-electron chi connectivity index (χ2n) is 6.93. The van der Waals surface area contributed by atoms with Crippen molar-refractivity contribution in [2.24, 2.45) is 5.92 Å². The average Bonchev–Trinajstić information content (AvgIpc) is 3.47. The minimum absolute atomic E-state index is 0.00659. The number of carboxylic acid groups (broad SMARTS) is 1. The van der Waals surface area contributed by atoms with Crippen LogP contribution in [0.1, 0.15) is 45.9 Å². The van der Waals surface area contributed by atoms with Crippen LogP contribution < -0.4 is 10.6 Å². The van der Waals surface area contributed by atoms with Crippen LogP contribution >= 0.6 is 0 Å². The van der Waals surface area contributed by atoms with Gasteiger partial charge in [-0.25, -0.2) is 4.79 Å². The first-order chi connectivity index (χ1) is 12.8. The van der Waals surface area contributed by atoms with E-state index in [4.69, 9.17) is 0 Å². The van der Waals surface area contributed by atoms with Crippen molar-refractivity contribution >= 4 is 23.5 Å². The molecule has 1 atom stereocenters. The third kappa shape index (κ3) is 4.53. The van der Waals surface area contributed by atoms with E-state index in [0.29, 0.717) is 16.8 Å². The van der Waals surface area contributed by atoms with E-state index in [1.54, 1.807) is 36.4 Å². The molecule has 0 bridgehead atoms. The van der Waals surface area contributed by atoms with Crippen molar-refractivity contribution in [1.29, 1.82) is 0 Å². The molecule has 27 heavy (non-hydrogen) atoms. The first-order valence-electron chi connectivity index (χ1n) is 8.87. The predicted molar refractivity (Wildman–Crippen MR) is 102 cm³/mol. The average molecular weight is 366 g/mol. The number of carboxylic acids is 1. The number of hydrogen-bond donors (Lipinski definition) is 3. The SMILES string of the molecule is Cc1ccc(C(NC(=O)c2ccc(NC(=O)C3CC3)cc2)C(=O)O)cc1C. The normalized spacial score (nSPS) is 14.3. The molecule has 1 unspecified atom stereocenters. The zero-order valence-corrected chi connectivity index (χ0v) is 15.3. The molecule has 2 amide bonds. The van der Waals surface area contributed by atoms with Gasteiger partial charge < -0.3 is 15.7 Å². The first-order valence-corrected chi connectivity index (χ1v) is 8.87.